The van der Waals surface area contributed by atoms with E-state index in [0.29, 0.717) is 36.2 Å². The van der Waals surface area contributed by atoms with Crippen molar-refractivity contribution in [2.45, 2.75) is 38.1 Å². The predicted molar refractivity (Wildman–Crippen MR) is 115 cm³/mol. The Hall–Kier alpha value is -3.89. The average molecular weight is 436 g/mol. The molecule has 3 aromatic heterocycles. The number of nitrogens with zero attached hydrogens (tertiary/aromatic N) is 5. The first-order chi connectivity index (χ1) is 15.6. The van der Waals surface area contributed by atoms with Crippen LogP contribution in [-0.4, -0.2) is 43.6 Å². The number of rotatable bonds is 5. The van der Waals surface area contributed by atoms with Gasteiger partial charge in [-0.15, -0.1) is 0 Å². The lowest BCUT2D eigenvalue weighted by atomic mass is 10.2. The largest absolute Gasteiger partial charge is 0.329 e. The van der Waals surface area contributed by atoms with E-state index < -0.39 is 12.0 Å². The second-order valence-electron chi connectivity index (χ2n) is 7.79. The normalized spacial score (nSPS) is 17.3. The molecule has 0 saturated carbocycles. The molecule has 10 nitrogen and oxygen atoms in total. The van der Waals surface area contributed by atoms with Crippen LogP contribution in [0, 0.1) is 5.95 Å². The molecule has 0 aromatic carbocycles. The fraction of sp³-hybridized carbons (Fsp3) is 0.333. The molecule has 1 amide bonds. The fourth-order valence-electron chi connectivity index (χ4n) is 4.14. The number of hydrogen-bond acceptors (Lipinski definition) is 8. The molecule has 3 N–H and O–H groups in total. The third-order valence-electron chi connectivity index (χ3n) is 5.65. The maximum absolute atomic E-state index is 13.1. The van der Waals surface area contributed by atoms with Crippen LogP contribution in [0.2, 0.25) is 0 Å². The molecule has 0 spiro atoms. The van der Waals surface area contributed by atoms with Crippen molar-refractivity contribution in [2.75, 3.05) is 22.1 Å². The third kappa shape index (κ3) is 4.01. The van der Waals surface area contributed by atoms with Gasteiger partial charge in [-0.1, -0.05) is 0 Å². The van der Waals surface area contributed by atoms with Gasteiger partial charge < -0.3 is 15.5 Å². The molecule has 3 aromatic rings. The zero-order chi connectivity index (χ0) is 22.1. The summed E-state index contributed by atoms with van der Waals surface area (Å²) in [4.78, 5) is 39.2. The van der Waals surface area contributed by atoms with Crippen molar-refractivity contribution in [2.24, 2.45) is 0 Å². The van der Waals surface area contributed by atoms with Gasteiger partial charge in [0.25, 0.3) is 5.56 Å². The maximum atomic E-state index is 13.1. The number of halogens is 1. The van der Waals surface area contributed by atoms with Gasteiger partial charge in [-0.25, -0.2) is 15.1 Å². The minimum absolute atomic E-state index is 0.211. The third-order valence-corrected chi connectivity index (χ3v) is 5.65. The Labute approximate surface area is 182 Å². The topological polar surface area (TPSA) is 129 Å². The molecular formula is C21H21FN8O2. The molecule has 32 heavy (non-hydrogen) atoms. The van der Waals surface area contributed by atoms with Crippen molar-refractivity contribution in [3.05, 3.63) is 58.0 Å². The molecule has 4 heterocycles. The Morgan fingerprint density at radius 3 is 2.84 bits per heavy atom. The molecule has 0 radical (unpaired) electrons. The number of anilines is 4. The van der Waals surface area contributed by atoms with Crippen LogP contribution in [0.1, 0.15) is 30.5 Å². The summed E-state index contributed by atoms with van der Waals surface area (Å²) in [6.45, 7) is 0.648. The number of pyridine rings is 1. The van der Waals surface area contributed by atoms with E-state index >= 15 is 0 Å². The molecule has 11 heteroatoms. The Bertz CT molecular complexity index is 1190. The summed E-state index contributed by atoms with van der Waals surface area (Å²) < 4.78 is 13.1. The van der Waals surface area contributed by atoms with Crippen LogP contribution >= 0.6 is 0 Å². The number of carbonyl (C=O) groups is 1. The molecule has 1 atom stereocenters. The molecule has 1 fully saturated rings. The first-order valence-electron chi connectivity index (χ1n) is 10.5. The molecule has 2 aliphatic rings. The molecule has 164 valence electrons. The number of H-pyrrole nitrogens is 1. The van der Waals surface area contributed by atoms with E-state index in [1.54, 1.807) is 6.07 Å². The summed E-state index contributed by atoms with van der Waals surface area (Å²) in [5.41, 5.74) is 2.13. The summed E-state index contributed by atoms with van der Waals surface area (Å²) in [5, 5.41) is 12.4. The van der Waals surface area contributed by atoms with Gasteiger partial charge >= 0.3 is 0 Å². The lowest BCUT2D eigenvalue weighted by Crippen LogP contribution is -2.40. The van der Waals surface area contributed by atoms with Gasteiger partial charge in [0.1, 0.15) is 11.9 Å². The minimum atomic E-state index is -0.603. The minimum Gasteiger partial charge on any atom is -0.329 e. The zero-order valence-electron chi connectivity index (χ0n) is 17.1. The van der Waals surface area contributed by atoms with E-state index in [0.717, 1.165) is 36.9 Å². The van der Waals surface area contributed by atoms with Crippen LogP contribution in [-0.2, 0) is 17.6 Å². The lowest BCUT2D eigenvalue weighted by molar-refractivity contribution is -0.117. The van der Waals surface area contributed by atoms with Crippen molar-refractivity contribution in [3.63, 3.8) is 0 Å². The Morgan fingerprint density at radius 2 is 2.06 bits per heavy atom. The van der Waals surface area contributed by atoms with Crippen LogP contribution in [0.4, 0.5) is 27.7 Å². The van der Waals surface area contributed by atoms with E-state index in [-0.39, 0.29) is 11.5 Å². The standard InChI is InChI=1S/C21H21FN8O2/c22-16-7-6-12(11-23-16)24-20(32)15-5-2-10-30(15)21-25-14-4-1-3-13(14)19(27-21)26-17-8-9-18(31)29-28-17/h6-9,11,15H,1-5,10H2,(H,24,32)(H,29,31)(H,25,26,27,28)/t15-/m1/s1. The first-order valence-corrected chi connectivity index (χ1v) is 10.5. The van der Waals surface area contributed by atoms with Crippen molar-refractivity contribution in [1.82, 2.24) is 25.1 Å². The van der Waals surface area contributed by atoms with Gasteiger partial charge in [-0.2, -0.15) is 14.5 Å². The molecule has 1 aliphatic heterocycles. The van der Waals surface area contributed by atoms with E-state index in [9.17, 15) is 14.0 Å². The fourth-order valence-corrected chi connectivity index (χ4v) is 4.14. The molecule has 1 saturated heterocycles. The summed E-state index contributed by atoms with van der Waals surface area (Å²) in [5.74, 6) is 0.775. The smallest absolute Gasteiger partial charge is 0.264 e. The molecular weight excluding hydrogens is 415 g/mol. The van der Waals surface area contributed by atoms with Gasteiger partial charge in [0.05, 0.1) is 17.6 Å². The lowest BCUT2D eigenvalue weighted by Gasteiger charge is -2.25. The van der Waals surface area contributed by atoms with Crippen LogP contribution < -0.4 is 21.1 Å². The maximum Gasteiger partial charge on any atom is 0.264 e. The van der Waals surface area contributed by atoms with Crippen LogP contribution in [0.3, 0.4) is 0 Å². The highest BCUT2D eigenvalue weighted by molar-refractivity contribution is 5.96. The second-order valence-corrected chi connectivity index (χ2v) is 7.79. The van der Waals surface area contributed by atoms with Gasteiger partial charge in [0.15, 0.2) is 5.82 Å². The average Bonchev–Trinajstić information content (AvgIpc) is 3.46. The van der Waals surface area contributed by atoms with E-state index in [1.807, 2.05) is 4.90 Å². The summed E-state index contributed by atoms with van der Waals surface area (Å²) in [7, 11) is 0. The van der Waals surface area contributed by atoms with E-state index in [4.69, 9.17) is 9.97 Å². The Morgan fingerprint density at radius 1 is 1.16 bits per heavy atom. The molecule has 0 bridgehead atoms. The summed E-state index contributed by atoms with van der Waals surface area (Å²) in [6.07, 6.45) is 5.43. The summed E-state index contributed by atoms with van der Waals surface area (Å²) in [6, 6.07) is 5.21. The highest BCUT2D eigenvalue weighted by Gasteiger charge is 2.34. The van der Waals surface area contributed by atoms with Crippen molar-refractivity contribution in [3.8, 4) is 0 Å². The quantitative estimate of drug-likeness (QED) is 0.518. The predicted octanol–water partition coefficient (Wildman–Crippen LogP) is 1.93. The van der Waals surface area contributed by atoms with Crippen molar-refractivity contribution in [1.29, 1.82) is 0 Å². The number of aromatic amines is 1. The molecule has 0 unspecified atom stereocenters. The van der Waals surface area contributed by atoms with Crippen LogP contribution in [0.25, 0.3) is 0 Å². The van der Waals surface area contributed by atoms with E-state index in [2.05, 4.69) is 25.8 Å². The summed E-state index contributed by atoms with van der Waals surface area (Å²) >= 11 is 0. The van der Waals surface area contributed by atoms with Crippen molar-refractivity contribution >= 4 is 29.2 Å². The second kappa shape index (κ2) is 8.33. The van der Waals surface area contributed by atoms with Gasteiger partial charge in [-0.3, -0.25) is 9.59 Å². The first kappa shape index (κ1) is 20.0. The van der Waals surface area contributed by atoms with Gasteiger partial charge in [0, 0.05) is 18.2 Å². The zero-order valence-corrected chi connectivity index (χ0v) is 17.1. The number of carbonyl (C=O) groups excluding carboxylic acids is 1. The van der Waals surface area contributed by atoms with Gasteiger partial charge in [0.2, 0.25) is 17.8 Å². The highest BCUT2D eigenvalue weighted by Crippen LogP contribution is 2.32. The van der Waals surface area contributed by atoms with E-state index in [1.165, 1.54) is 24.4 Å². The number of aromatic nitrogens is 5. The van der Waals surface area contributed by atoms with Gasteiger partial charge in [-0.05, 0) is 50.3 Å². The van der Waals surface area contributed by atoms with Crippen LogP contribution in [0.5, 0.6) is 0 Å². The molecule has 5 rings (SSSR count). The number of hydrogen-bond donors (Lipinski definition) is 3. The van der Waals surface area contributed by atoms with Crippen LogP contribution in [0.15, 0.2) is 35.3 Å². The van der Waals surface area contributed by atoms with Crippen molar-refractivity contribution < 1.29 is 9.18 Å². The highest BCUT2D eigenvalue weighted by atomic mass is 19.1. The Balaban J connectivity index is 1.41. The SMILES string of the molecule is O=C(Nc1ccc(F)nc1)[C@H]1CCCN1c1nc2c(c(Nc3ccc(=O)[nH]n3)n1)CCC2. The monoisotopic (exact) mass is 436 g/mol. The number of amides is 1. The number of fused-ring (bicyclic) bond motifs is 1. The number of aryl methyl sites for hydroxylation is 1. The molecule has 1 aliphatic carbocycles. The number of nitrogens with one attached hydrogen (secondary N) is 3. The Kier molecular flexibility index (Phi) is 5.21.